The summed E-state index contributed by atoms with van der Waals surface area (Å²) in [6.45, 7) is 0. The first kappa shape index (κ1) is 25.0. The number of nitrogens with one attached hydrogen (secondary N) is 1. The molecule has 1 aliphatic rings. The Morgan fingerprint density at radius 2 is 1.97 bits per heavy atom. The van der Waals surface area contributed by atoms with Crippen LogP contribution in [0.25, 0.3) is 33.3 Å². The summed E-state index contributed by atoms with van der Waals surface area (Å²) in [6.07, 6.45) is 11.4. The van der Waals surface area contributed by atoms with Crippen molar-refractivity contribution in [3.8, 4) is 11.4 Å². The smallest absolute Gasteiger partial charge is 0.326 e. The number of rotatable bonds is 8. The molecule has 39 heavy (non-hydrogen) atoms. The van der Waals surface area contributed by atoms with Gasteiger partial charge in [0.15, 0.2) is 0 Å². The molecule has 1 aliphatic carbocycles. The van der Waals surface area contributed by atoms with Crippen LogP contribution in [0.1, 0.15) is 49.3 Å². The van der Waals surface area contributed by atoms with Crippen LogP contribution in [0.5, 0.6) is 0 Å². The molecule has 8 heteroatoms. The number of likely N-dealkylation sites (N-methyl/N-ethyl adjacent to an activating group) is 1. The van der Waals surface area contributed by atoms with Gasteiger partial charge in [-0.05, 0) is 48.2 Å². The molecule has 3 heterocycles. The normalized spacial score (nSPS) is 15.1. The van der Waals surface area contributed by atoms with E-state index in [0.717, 1.165) is 57.3 Å². The molecular weight excluding hydrogens is 492 g/mol. The number of carbonyl (C=O) groups is 2. The van der Waals surface area contributed by atoms with Crippen LogP contribution in [-0.2, 0) is 22.4 Å². The number of aromatic nitrogens is 3. The van der Waals surface area contributed by atoms with E-state index in [-0.39, 0.29) is 18.7 Å². The second-order valence-electron chi connectivity index (χ2n) is 10.5. The molecule has 2 N–H and O–H groups in total. The highest BCUT2D eigenvalue weighted by atomic mass is 16.4. The van der Waals surface area contributed by atoms with Crippen molar-refractivity contribution in [3.05, 3.63) is 78.4 Å². The largest absolute Gasteiger partial charge is 0.480 e. The van der Waals surface area contributed by atoms with Gasteiger partial charge in [0.25, 0.3) is 0 Å². The fourth-order valence-electron chi connectivity index (χ4n) is 5.93. The molecule has 1 atom stereocenters. The standard InChI is InChI=1S/C31H32N4O4/c1-34(28(31(37)38)17-22-18-32-25-10-6-5-9-24(22)25)29(36)16-20-11-12-27-26(15-20)33-30(21-13-14-39-19-21)35(27)23-7-3-2-4-8-23/h5-6,9-15,18-19,23,28,32H,2-4,7-8,16-17H2,1H3,(H,37,38)/t28-/m1/s1. The van der Waals surface area contributed by atoms with E-state index in [0.29, 0.717) is 6.04 Å². The molecule has 3 aromatic heterocycles. The zero-order valence-electron chi connectivity index (χ0n) is 22.0. The average molecular weight is 525 g/mol. The number of amides is 1. The summed E-state index contributed by atoms with van der Waals surface area (Å²) in [5.41, 5.74) is 5.45. The van der Waals surface area contributed by atoms with Crippen molar-refractivity contribution in [3.63, 3.8) is 0 Å². The Kier molecular flexibility index (Phi) is 6.69. The summed E-state index contributed by atoms with van der Waals surface area (Å²) in [7, 11) is 1.57. The van der Waals surface area contributed by atoms with Gasteiger partial charge in [-0.2, -0.15) is 0 Å². The Balaban J connectivity index is 1.25. The molecule has 0 bridgehead atoms. The second kappa shape index (κ2) is 10.4. The lowest BCUT2D eigenvalue weighted by atomic mass is 9.95. The van der Waals surface area contributed by atoms with Crippen LogP contribution < -0.4 is 0 Å². The third-order valence-electron chi connectivity index (χ3n) is 8.06. The van der Waals surface area contributed by atoms with Gasteiger partial charge in [0, 0.05) is 36.6 Å². The summed E-state index contributed by atoms with van der Waals surface area (Å²) < 4.78 is 7.69. The van der Waals surface area contributed by atoms with Gasteiger partial charge in [0.1, 0.15) is 18.1 Å². The maximum Gasteiger partial charge on any atom is 0.326 e. The van der Waals surface area contributed by atoms with Crippen molar-refractivity contribution < 1.29 is 19.1 Å². The molecule has 1 fully saturated rings. The van der Waals surface area contributed by atoms with Crippen molar-refractivity contribution in [1.29, 1.82) is 0 Å². The molecule has 2 aromatic carbocycles. The first-order valence-corrected chi connectivity index (χ1v) is 13.6. The maximum absolute atomic E-state index is 13.3. The van der Waals surface area contributed by atoms with Crippen molar-refractivity contribution in [2.75, 3.05) is 7.05 Å². The zero-order chi connectivity index (χ0) is 26.9. The molecule has 5 aromatic rings. The monoisotopic (exact) mass is 524 g/mol. The number of hydrogen-bond acceptors (Lipinski definition) is 4. The predicted octanol–water partition coefficient (Wildman–Crippen LogP) is 5.98. The van der Waals surface area contributed by atoms with Crippen LogP contribution in [0.3, 0.4) is 0 Å². The van der Waals surface area contributed by atoms with Gasteiger partial charge in [0.2, 0.25) is 5.91 Å². The van der Waals surface area contributed by atoms with Gasteiger partial charge < -0.3 is 24.0 Å². The van der Waals surface area contributed by atoms with E-state index in [1.54, 1.807) is 19.6 Å². The topological polar surface area (TPSA) is 104 Å². The maximum atomic E-state index is 13.3. The number of benzene rings is 2. The molecule has 0 aliphatic heterocycles. The third kappa shape index (κ3) is 4.82. The Morgan fingerprint density at radius 3 is 2.74 bits per heavy atom. The second-order valence-corrected chi connectivity index (χ2v) is 10.5. The van der Waals surface area contributed by atoms with Crippen LogP contribution in [0, 0.1) is 0 Å². The number of hydrogen-bond donors (Lipinski definition) is 2. The number of H-pyrrole nitrogens is 1. The van der Waals surface area contributed by atoms with Gasteiger partial charge in [-0.3, -0.25) is 4.79 Å². The summed E-state index contributed by atoms with van der Waals surface area (Å²) >= 11 is 0. The van der Waals surface area contributed by atoms with Crippen molar-refractivity contribution in [2.45, 2.75) is 57.0 Å². The number of carbonyl (C=O) groups excluding carboxylic acids is 1. The number of furan rings is 1. The van der Waals surface area contributed by atoms with Gasteiger partial charge in [-0.1, -0.05) is 43.5 Å². The number of para-hydroxylation sites is 1. The van der Waals surface area contributed by atoms with E-state index < -0.39 is 12.0 Å². The predicted molar refractivity (Wildman–Crippen MR) is 149 cm³/mol. The first-order chi connectivity index (χ1) is 19.0. The van der Waals surface area contributed by atoms with E-state index in [4.69, 9.17) is 9.40 Å². The molecule has 200 valence electrons. The highest BCUT2D eigenvalue weighted by molar-refractivity contribution is 5.88. The highest BCUT2D eigenvalue weighted by Crippen LogP contribution is 2.36. The Bertz CT molecular complexity index is 1630. The lowest BCUT2D eigenvalue weighted by molar-refractivity contribution is -0.148. The van der Waals surface area contributed by atoms with Crippen molar-refractivity contribution in [2.24, 2.45) is 0 Å². The summed E-state index contributed by atoms with van der Waals surface area (Å²) in [5, 5.41) is 11.0. The molecule has 0 saturated heterocycles. The minimum Gasteiger partial charge on any atom is -0.480 e. The van der Waals surface area contributed by atoms with Crippen LogP contribution in [0.4, 0.5) is 0 Å². The minimum absolute atomic E-state index is 0.0986. The Hall–Kier alpha value is -4.33. The lowest BCUT2D eigenvalue weighted by Crippen LogP contribution is -2.44. The quantitative estimate of drug-likeness (QED) is 0.260. The van der Waals surface area contributed by atoms with E-state index in [9.17, 15) is 14.7 Å². The Morgan fingerprint density at radius 1 is 1.15 bits per heavy atom. The zero-order valence-corrected chi connectivity index (χ0v) is 22.0. The number of carboxylic acids is 1. The number of aromatic amines is 1. The third-order valence-corrected chi connectivity index (χ3v) is 8.06. The molecule has 6 rings (SSSR count). The number of aliphatic carboxylic acids is 1. The van der Waals surface area contributed by atoms with Crippen LogP contribution in [-0.4, -0.2) is 49.5 Å². The molecule has 8 nitrogen and oxygen atoms in total. The van der Waals surface area contributed by atoms with Gasteiger partial charge in [-0.15, -0.1) is 0 Å². The lowest BCUT2D eigenvalue weighted by Gasteiger charge is -2.25. The average Bonchev–Trinajstić information content (AvgIpc) is 3.70. The molecule has 1 amide bonds. The number of carboxylic acid groups (broad SMARTS) is 1. The van der Waals surface area contributed by atoms with E-state index in [2.05, 4.69) is 9.55 Å². The van der Waals surface area contributed by atoms with Crippen molar-refractivity contribution >= 4 is 33.8 Å². The highest BCUT2D eigenvalue weighted by Gasteiger charge is 2.28. The van der Waals surface area contributed by atoms with Crippen LogP contribution in [0.15, 0.2) is 71.7 Å². The van der Waals surface area contributed by atoms with Gasteiger partial charge in [-0.25, -0.2) is 9.78 Å². The summed E-state index contributed by atoms with van der Waals surface area (Å²) in [4.78, 5) is 35.0. The number of nitrogens with zero attached hydrogens (tertiary/aromatic N) is 3. The van der Waals surface area contributed by atoms with E-state index in [1.165, 1.54) is 24.2 Å². The molecular formula is C31H32N4O4. The summed E-state index contributed by atoms with van der Waals surface area (Å²) in [5.74, 6) is -0.387. The molecule has 0 spiro atoms. The fourth-order valence-corrected chi connectivity index (χ4v) is 5.93. The van der Waals surface area contributed by atoms with E-state index in [1.807, 2.05) is 54.7 Å². The molecule has 0 radical (unpaired) electrons. The molecule has 0 unspecified atom stereocenters. The van der Waals surface area contributed by atoms with Crippen LogP contribution in [0.2, 0.25) is 0 Å². The molecule has 1 saturated carbocycles. The van der Waals surface area contributed by atoms with Gasteiger partial charge in [0.05, 0.1) is 29.3 Å². The SMILES string of the molecule is CN(C(=O)Cc1ccc2c(c1)nc(-c1ccoc1)n2C1CCCCC1)[C@H](Cc1c[nH]c2ccccc12)C(=O)O. The van der Waals surface area contributed by atoms with Crippen molar-refractivity contribution in [1.82, 2.24) is 19.4 Å². The fraction of sp³-hybridized carbons (Fsp3) is 0.323. The van der Waals surface area contributed by atoms with Crippen LogP contribution >= 0.6 is 0 Å². The first-order valence-electron chi connectivity index (χ1n) is 13.6. The Labute approximate surface area is 226 Å². The summed E-state index contributed by atoms with van der Waals surface area (Å²) in [6, 6.07) is 15.1. The van der Waals surface area contributed by atoms with Gasteiger partial charge >= 0.3 is 5.97 Å². The van der Waals surface area contributed by atoms with E-state index >= 15 is 0 Å². The number of fused-ring (bicyclic) bond motifs is 2. The number of imidazole rings is 1. The minimum atomic E-state index is -1.03.